The van der Waals surface area contributed by atoms with Gasteiger partial charge in [-0.05, 0) is 58.8 Å². The molecule has 0 rings (SSSR count). The van der Waals surface area contributed by atoms with Crippen molar-refractivity contribution in [3.63, 3.8) is 0 Å². The summed E-state index contributed by atoms with van der Waals surface area (Å²) in [5, 5.41) is 0. The fraction of sp³-hybridized carbons (Fsp3) is 0.742. The first-order chi connectivity index (χ1) is 44.4. The van der Waals surface area contributed by atoms with Crippen molar-refractivity contribution in [2.75, 3.05) is 0 Å². The van der Waals surface area contributed by atoms with Gasteiger partial charge in [-0.1, -0.05) is 284 Å². The highest BCUT2D eigenvalue weighted by Crippen LogP contribution is 2.32. The molecule has 0 fully saturated rings. The molecule has 100 heavy (non-hydrogen) atoms. The molecule has 0 aromatic carbocycles. The molecule has 0 atom stereocenters. The molecule has 0 aliphatic carbocycles. The molecule has 0 aromatic heterocycles. The zero-order chi connectivity index (χ0) is 84.0. The predicted octanol–water partition coefficient (Wildman–Crippen LogP) is 18.9. The Hall–Kier alpha value is -1.48. The number of ketones is 6. The van der Waals surface area contributed by atoms with Crippen LogP contribution in [0, 0.1) is 47.3 Å². The van der Waals surface area contributed by atoms with E-state index in [0.717, 1.165) is 26.2 Å². The molecule has 0 radical (unpaired) electrons. The monoisotopic (exact) mass is 2230 g/mol. The Morgan fingerprint density at radius 3 is 0.740 bits per heavy atom. The van der Waals surface area contributed by atoms with E-state index >= 15 is 0 Å². The van der Waals surface area contributed by atoms with Crippen LogP contribution < -0.4 is 0 Å². The van der Waals surface area contributed by atoms with Crippen LogP contribution in [0.25, 0.3) is 0 Å². The number of allylic oxidation sites excluding steroid dienone is 1. The summed E-state index contributed by atoms with van der Waals surface area (Å²) in [6.07, 6.45) is 3.45. The first kappa shape index (κ1) is 141. The molecule has 0 heterocycles. The summed E-state index contributed by atoms with van der Waals surface area (Å²) in [4.78, 5) is 195. The molecule has 0 spiro atoms. The zero-order valence-corrected chi connectivity index (χ0v) is 76.5. The first-order valence-electron chi connectivity index (χ1n) is 27.8. The molecular formula is C62H96Br4Cl4F4I4O22. The Balaban J connectivity index is -0.0000000500. The minimum absolute atomic E-state index is 0. The largest absolute Gasteiger partial charge is 0.373 e. The van der Waals surface area contributed by atoms with Crippen molar-refractivity contribution < 1.29 is 123 Å². The maximum Gasteiger partial charge on any atom is 0.373 e. The summed E-state index contributed by atoms with van der Waals surface area (Å²) in [6, 6.07) is 0. The average molecular weight is 2240 g/mol. The van der Waals surface area contributed by atoms with E-state index in [-0.39, 0.29) is 126 Å². The lowest BCUT2D eigenvalue weighted by atomic mass is 10.0. The van der Waals surface area contributed by atoms with Crippen LogP contribution in [0.2, 0.25) is 0 Å². The summed E-state index contributed by atoms with van der Waals surface area (Å²) in [7, 11) is 0. The minimum atomic E-state index is -2.85. The molecule has 38 heteroatoms. The van der Waals surface area contributed by atoms with Gasteiger partial charge >= 0.3 is 49.2 Å². The molecular weight excluding hydrogens is 2140 g/mol. The maximum absolute atomic E-state index is 12.1. The third kappa shape index (κ3) is 218. The highest BCUT2D eigenvalue weighted by atomic mass is 127. The van der Waals surface area contributed by atoms with Crippen LogP contribution in [0.1, 0.15) is 204 Å². The summed E-state index contributed by atoms with van der Waals surface area (Å²) in [5.41, 5.74) is 1.29. The third-order valence-corrected chi connectivity index (χ3v) is 12.3. The summed E-state index contributed by atoms with van der Waals surface area (Å²) < 4.78 is 47.3. The van der Waals surface area contributed by atoms with Crippen LogP contribution in [-0.2, 0) is 105 Å². The second kappa shape index (κ2) is 97.5. The number of halogens is 16. The maximum atomic E-state index is 12.1. The van der Waals surface area contributed by atoms with Gasteiger partial charge in [-0.25, -0.2) is 17.6 Å². The van der Waals surface area contributed by atoms with Gasteiger partial charge < -0.3 is 0 Å². The Morgan fingerprint density at radius 1 is 0.430 bits per heavy atom. The molecule has 0 saturated carbocycles. The molecule has 0 aromatic rings. The summed E-state index contributed by atoms with van der Waals surface area (Å²) in [5.74, 6) is -1.18. The minimum Gasteiger partial charge on any atom is -0.299 e. The Bertz CT molecular complexity index is 2000. The number of alkyl halides is 16. The topological polar surface area (TPSA) is 376 Å². The fourth-order valence-corrected chi connectivity index (χ4v) is 7.20. The van der Waals surface area contributed by atoms with Gasteiger partial charge in [0, 0.05) is 61.2 Å². The van der Waals surface area contributed by atoms with E-state index in [1.165, 1.54) is 5.57 Å². The zero-order valence-electron chi connectivity index (χ0n) is 58.5. The van der Waals surface area contributed by atoms with Crippen LogP contribution in [-0.4, -0.2) is 116 Å². The molecule has 0 aliphatic rings. The van der Waals surface area contributed by atoms with Crippen LogP contribution in [0.15, 0.2) is 12.2 Å². The van der Waals surface area contributed by atoms with Crippen molar-refractivity contribution in [2.24, 2.45) is 47.3 Å². The van der Waals surface area contributed by atoms with E-state index in [4.69, 9.17) is 123 Å². The van der Waals surface area contributed by atoms with Gasteiger partial charge in [0.1, 0.15) is 43.9 Å². The Labute approximate surface area is 694 Å². The van der Waals surface area contributed by atoms with Crippen LogP contribution >= 0.6 is 200 Å². The lowest BCUT2D eigenvalue weighted by molar-refractivity contribution is -0.193. The third-order valence-electron chi connectivity index (χ3n) is 8.78. The van der Waals surface area contributed by atoms with E-state index in [0.29, 0.717) is 48.3 Å². The van der Waals surface area contributed by atoms with Crippen molar-refractivity contribution in [3.05, 3.63) is 12.2 Å². The number of carbonyl (C=O) groups is 6. The van der Waals surface area contributed by atoms with Gasteiger partial charge in [-0.15, -0.1) is 46.4 Å². The van der Waals surface area contributed by atoms with Crippen LogP contribution in [0.5, 0.6) is 0 Å². The van der Waals surface area contributed by atoms with Crippen molar-refractivity contribution in [3.8, 4) is 0 Å². The van der Waals surface area contributed by atoms with Gasteiger partial charge in [-0.3, -0.25) is 28.8 Å². The van der Waals surface area contributed by atoms with Gasteiger partial charge in [-0.2, -0.15) is 76.7 Å². The van der Waals surface area contributed by atoms with Crippen molar-refractivity contribution >= 4 is 284 Å². The van der Waals surface area contributed by atoms with Gasteiger partial charge in [0.25, 0.3) is 5.92 Å². The summed E-state index contributed by atoms with van der Waals surface area (Å²) >= 11 is 44.8. The second-order valence-corrected chi connectivity index (χ2v) is 44.7. The second-order valence-electron chi connectivity index (χ2n) is 21.3. The highest BCUT2D eigenvalue weighted by Gasteiger charge is 2.27. The van der Waals surface area contributed by atoms with Crippen LogP contribution in [0.3, 0.4) is 0 Å². The number of hydrogen-bond acceptors (Lipinski definition) is 22. The molecule has 588 valence electrons. The molecule has 22 nitrogen and oxygen atoms in total. The number of rotatable bonds is 24. The van der Waals surface area contributed by atoms with Crippen molar-refractivity contribution in [1.29, 1.82) is 0 Å². The van der Waals surface area contributed by atoms with Crippen molar-refractivity contribution in [2.45, 2.75) is 236 Å². The van der Waals surface area contributed by atoms with E-state index in [1.54, 1.807) is 27.7 Å². The number of Topliss-reactive ketones (excluding diaryl/α,β-unsaturated/α-hetero) is 6. The Kier molecular flexibility index (Phi) is 137. The highest BCUT2D eigenvalue weighted by molar-refractivity contribution is 14.2. The first-order valence-corrected chi connectivity index (χ1v) is 37.5. The van der Waals surface area contributed by atoms with E-state index < -0.39 is 34.4 Å². The molecule has 0 N–H and O–H groups in total. The molecule has 0 unspecified atom stereocenters. The van der Waals surface area contributed by atoms with Gasteiger partial charge in [0.05, 0.1) is 23.2 Å². The number of carbonyl (C=O) groups excluding carboxylic acids is 22. The van der Waals surface area contributed by atoms with Crippen LogP contribution in [0.4, 0.5) is 17.6 Å². The average Bonchev–Trinajstić information content (AvgIpc) is 1.35. The van der Waals surface area contributed by atoms with Gasteiger partial charge in [0.15, 0.2) is 0 Å². The van der Waals surface area contributed by atoms with Crippen molar-refractivity contribution in [1.82, 2.24) is 0 Å². The molecule has 0 aliphatic heterocycles. The smallest absolute Gasteiger partial charge is 0.299 e. The summed E-state index contributed by atoms with van der Waals surface area (Å²) in [6.45, 7) is 40.9. The van der Waals surface area contributed by atoms with E-state index in [9.17, 15) is 46.3 Å². The normalized spacial score (nSPS) is 9.36. The number of hydrogen-bond donors (Lipinski definition) is 0. The SMILES string of the molecule is C.C=C(CC(Br)Br)C(C)C.CC(C)C(=O)CC(C)(Br)Br.CC(C)C(=O)CC(C)(F)F.CC(C)C(=O)CC(C)(I)I.CC(C)C(=O)CC(Cl)Cl.CC(C)C(=O)CC(F)F.CC(C)C(=O)CC(I)I.CC(C)CCC(C)(Cl)Cl.O=C=O.O=C=O.O=C=O.O=C=O.O=C=O.O=C=O.O=C=O.O=C=O. The van der Waals surface area contributed by atoms with Gasteiger partial charge in [0.2, 0.25) is 6.43 Å². The van der Waals surface area contributed by atoms with E-state index in [2.05, 4.69) is 195 Å². The Morgan fingerprint density at radius 2 is 0.660 bits per heavy atom. The molecule has 0 saturated heterocycles. The predicted molar refractivity (Wildman–Crippen MR) is 415 cm³/mol. The standard InChI is InChI=1S/C7H12Br2O.C7H12Br2.C7H14Cl2.C7H12F2O.C7H12I2O.C6H10Cl2O.C6H10F2O.C6H10I2O.8CO2.CH4/c1-5(2)6(10)4-7(3,8)9;1-5(2)6(3)4-7(8)9;1-6(2)4-5-7(3,8)9;2*1-5(2)6(10)4-7(3,8)9;3*1-4(2)5(9)3-6(7)8;8*2-1-3;/h5H,4H2,1-3H3;5,7H,3-4H2,1-2H3;6H,4-5H2,1-3H3;2*5H,4H2,1-3H3;3*4,6H,3H2,1-2H3;;;;;;;;;1H4. The molecule has 0 bridgehead atoms. The quantitative estimate of drug-likeness (QED) is 0.0375. The lowest BCUT2D eigenvalue weighted by Crippen LogP contribution is -2.19. The lowest BCUT2D eigenvalue weighted by Gasteiger charge is -2.13. The fourth-order valence-electron chi connectivity index (χ4n) is 3.67. The molecule has 0 amide bonds. The van der Waals surface area contributed by atoms with E-state index in [1.807, 2.05) is 69.2 Å².